The fraction of sp³-hybridized carbons (Fsp3) is 0.909. The van der Waals surface area contributed by atoms with Gasteiger partial charge in [-0.1, -0.05) is 39.5 Å². The maximum atomic E-state index is 11.4. The molecule has 0 aliphatic carbocycles. The Morgan fingerprint density at radius 2 is 1.36 bits per heavy atom. The second kappa shape index (κ2) is 7.94. The van der Waals surface area contributed by atoms with Crippen molar-refractivity contribution in [3.8, 4) is 0 Å². The first-order valence-electron chi connectivity index (χ1n) is 5.53. The first kappa shape index (κ1) is 13.6. The van der Waals surface area contributed by atoms with E-state index in [-0.39, 0.29) is 0 Å². The molecule has 0 spiro atoms. The minimum Gasteiger partial charge on any atom is -0.385 e. The van der Waals surface area contributed by atoms with Gasteiger partial charge in [0.15, 0.2) is 5.78 Å². The van der Waals surface area contributed by atoms with Crippen molar-refractivity contribution in [2.45, 2.75) is 64.6 Å². The molecule has 0 saturated heterocycles. The van der Waals surface area contributed by atoms with Gasteiger partial charge in [0, 0.05) is 0 Å². The standard InChI is InChI=1S/C11H22O3/c1-3-5-7-9(12)11(14)10(13)8-6-4-2/h9-10,12-13H,3-8H2,1-2H3/t9-,10-/m1/s1. The molecule has 14 heavy (non-hydrogen) atoms. The largest absolute Gasteiger partial charge is 0.385 e. The molecule has 0 aromatic rings. The summed E-state index contributed by atoms with van der Waals surface area (Å²) in [6.45, 7) is 4.01. The predicted molar refractivity (Wildman–Crippen MR) is 56.1 cm³/mol. The monoisotopic (exact) mass is 202 g/mol. The topological polar surface area (TPSA) is 57.5 Å². The highest BCUT2D eigenvalue weighted by Crippen LogP contribution is 2.08. The third-order valence-corrected chi connectivity index (χ3v) is 2.32. The molecule has 0 saturated carbocycles. The number of hydrogen-bond acceptors (Lipinski definition) is 3. The van der Waals surface area contributed by atoms with Crippen LogP contribution in [0.15, 0.2) is 0 Å². The van der Waals surface area contributed by atoms with Gasteiger partial charge in [0.05, 0.1) is 0 Å². The minimum absolute atomic E-state index is 0.410. The van der Waals surface area contributed by atoms with Crippen LogP contribution in [0.25, 0.3) is 0 Å². The van der Waals surface area contributed by atoms with E-state index in [1.54, 1.807) is 0 Å². The van der Waals surface area contributed by atoms with Gasteiger partial charge in [0.1, 0.15) is 12.2 Å². The second-order valence-electron chi connectivity index (χ2n) is 3.72. The van der Waals surface area contributed by atoms with Crippen LogP contribution in [0.5, 0.6) is 0 Å². The van der Waals surface area contributed by atoms with Crippen molar-refractivity contribution in [1.29, 1.82) is 0 Å². The third-order valence-electron chi connectivity index (χ3n) is 2.32. The summed E-state index contributed by atoms with van der Waals surface area (Å²) >= 11 is 0. The lowest BCUT2D eigenvalue weighted by molar-refractivity contribution is -0.136. The van der Waals surface area contributed by atoms with Gasteiger partial charge in [0.25, 0.3) is 0 Å². The fourth-order valence-electron chi connectivity index (χ4n) is 1.30. The van der Waals surface area contributed by atoms with Crippen LogP contribution in [0, 0.1) is 0 Å². The lowest BCUT2D eigenvalue weighted by Gasteiger charge is -2.13. The molecule has 0 rings (SSSR count). The zero-order valence-electron chi connectivity index (χ0n) is 9.20. The van der Waals surface area contributed by atoms with E-state index >= 15 is 0 Å². The van der Waals surface area contributed by atoms with Gasteiger partial charge in [-0.25, -0.2) is 0 Å². The lowest BCUT2D eigenvalue weighted by Crippen LogP contribution is -2.32. The summed E-state index contributed by atoms with van der Waals surface area (Å²) in [5.74, 6) is -0.410. The molecule has 0 radical (unpaired) electrons. The number of Topliss-reactive ketones (excluding diaryl/α,β-unsaturated/α-hetero) is 1. The van der Waals surface area contributed by atoms with E-state index < -0.39 is 18.0 Å². The van der Waals surface area contributed by atoms with Crippen LogP contribution < -0.4 is 0 Å². The van der Waals surface area contributed by atoms with Crippen LogP contribution in [-0.4, -0.2) is 28.2 Å². The van der Waals surface area contributed by atoms with Crippen LogP contribution in [0.3, 0.4) is 0 Å². The highest BCUT2D eigenvalue weighted by molar-refractivity contribution is 5.86. The molecule has 2 N–H and O–H groups in total. The Morgan fingerprint density at radius 1 is 1.00 bits per heavy atom. The number of carbonyl (C=O) groups is 1. The van der Waals surface area contributed by atoms with E-state index in [1.165, 1.54) is 0 Å². The van der Waals surface area contributed by atoms with Gasteiger partial charge in [0.2, 0.25) is 0 Å². The summed E-state index contributed by atoms with van der Waals surface area (Å²) in [6.07, 6.45) is 2.56. The van der Waals surface area contributed by atoms with Crippen LogP contribution >= 0.6 is 0 Å². The van der Waals surface area contributed by atoms with Gasteiger partial charge in [-0.3, -0.25) is 4.79 Å². The SMILES string of the molecule is CCCC[C@@H](O)C(=O)[C@H](O)CCCC. The second-order valence-corrected chi connectivity index (χ2v) is 3.72. The van der Waals surface area contributed by atoms with E-state index in [9.17, 15) is 15.0 Å². The number of aliphatic hydroxyl groups is 2. The quantitative estimate of drug-likeness (QED) is 0.629. The molecule has 0 amide bonds. The minimum atomic E-state index is -0.971. The van der Waals surface area contributed by atoms with Crippen molar-refractivity contribution in [3.63, 3.8) is 0 Å². The van der Waals surface area contributed by atoms with Gasteiger partial charge < -0.3 is 10.2 Å². The van der Waals surface area contributed by atoms with Gasteiger partial charge in [-0.2, -0.15) is 0 Å². The van der Waals surface area contributed by atoms with E-state index in [0.717, 1.165) is 25.7 Å². The van der Waals surface area contributed by atoms with Crippen molar-refractivity contribution in [3.05, 3.63) is 0 Å². The molecule has 0 heterocycles. The first-order valence-corrected chi connectivity index (χ1v) is 5.53. The summed E-state index contributed by atoms with van der Waals surface area (Å²) in [5.41, 5.74) is 0. The molecule has 3 heteroatoms. The molecular weight excluding hydrogens is 180 g/mol. The van der Waals surface area contributed by atoms with Crippen molar-refractivity contribution in [2.75, 3.05) is 0 Å². The predicted octanol–water partition coefficient (Wildman–Crippen LogP) is 1.66. The number of ketones is 1. The smallest absolute Gasteiger partial charge is 0.189 e. The van der Waals surface area contributed by atoms with Crippen molar-refractivity contribution >= 4 is 5.78 Å². The average Bonchev–Trinajstić information content (AvgIpc) is 2.21. The average molecular weight is 202 g/mol. The first-order chi connectivity index (χ1) is 6.63. The molecule has 0 aliphatic rings. The van der Waals surface area contributed by atoms with E-state index in [0.29, 0.717) is 12.8 Å². The van der Waals surface area contributed by atoms with Gasteiger partial charge in [-0.05, 0) is 12.8 Å². The zero-order chi connectivity index (χ0) is 11.0. The highest BCUT2D eigenvalue weighted by Gasteiger charge is 2.21. The Kier molecular flexibility index (Phi) is 7.71. The van der Waals surface area contributed by atoms with E-state index in [2.05, 4.69) is 0 Å². The van der Waals surface area contributed by atoms with Crippen LogP contribution in [0.1, 0.15) is 52.4 Å². The maximum Gasteiger partial charge on any atom is 0.189 e. The number of unbranched alkanes of at least 4 members (excludes halogenated alkanes) is 2. The molecule has 0 aromatic heterocycles. The molecule has 0 fully saturated rings. The Morgan fingerprint density at radius 3 is 1.64 bits per heavy atom. The van der Waals surface area contributed by atoms with Gasteiger partial charge >= 0.3 is 0 Å². The Balaban J connectivity index is 3.78. The molecular formula is C11H22O3. The van der Waals surface area contributed by atoms with E-state index in [1.807, 2.05) is 13.8 Å². The maximum absolute atomic E-state index is 11.4. The summed E-state index contributed by atoms with van der Waals surface area (Å²) in [5, 5.41) is 18.8. The van der Waals surface area contributed by atoms with Crippen molar-refractivity contribution in [1.82, 2.24) is 0 Å². The number of hydrogen-bond donors (Lipinski definition) is 2. The molecule has 0 aromatic carbocycles. The van der Waals surface area contributed by atoms with Crippen LogP contribution in [0.4, 0.5) is 0 Å². The fourth-order valence-corrected chi connectivity index (χ4v) is 1.30. The number of carbonyl (C=O) groups excluding carboxylic acids is 1. The van der Waals surface area contributed by atoms with Crippen LogP contribution in [-0.2, 0) is 4.79 Å². The number of aliphatic hydroxyl groups excluding tert-OH is 2. The normalized spacial score (nSPS) is 15.1. The van der Waals surface area contributed by atoms with Crippen molar-refractivity contribution in [2.24, 2.45) is 0 Å². The zero-order valence-corrected chi connectivity index (χ0v) is 9.20. The Labute approximate surface area is 86.1 Å². The molecule has 3 nitrogen and oxygen atoms in total. The van der Waals surface area contributed by atoms with Crippen molar-refractivity contribution < 1.29 is 15.0 Å². The number of rotatable bonds is 8. The van der Waals surface area contributed by atoms with E-state index in [4.69, 9.17) is 0 Å². The summed E-state index contributed by atoms with van der Waals surface area (Å²) in [7, 11) is 0. The van der Waals surface area contributed by atoms with Gasteiger partial charge in [-0.15, -0.1) is 0 Å². The highest BCUT2D eigenvalue weighted by atomic mass is 16.3. The molecule has 2 atom stereocenters. The molecule has 0 unspecified atom stereocenters. The van der Waals surface area contributed by atoms with Crippen LogP contribution in [0.2, 0.25) is 0 Å². The molecule has 0 bridgehead atoms. The Bertz CT molecular complexity index is 141. The summed E-state index contributed by atoms with van der Waals surface area (Å²) in [4.78, 5) is 11.4. The molecule has 0 aliphatic heterocycles. The summed E-state index contributed by atoms with van der Waals surface area (Å²) in [6, 6.07) is 0. The molecule has 84 valence electrons. The summed E-state index contributed by atoms with van der Waals surface area (Å²) < 4.78 is 0. The third kappa shape index (κ3) is 5.35. The Hall–Kier alpha value is -0.410. The lowest BCUT2D eigenvalue weighted by atomic mass is 10.0.